The molecule has 0 amide bonds. The van der Waals surface area contributed by atoms with Gasteiger partial charge < -0.3 is 9.88 Å². The summed E-state index contributed by atoms with van der Waals surface area (Å²) < 4.78 is 2.68. The first kappa shape index (κ1) is 34.8. The summed E-state index contributed by atoms with van der Waals surface area (Å²) in [6.07, 6.45) is 22.9. The maximum absolute atomic E-state index is 3.76. The van der Waals surface area contributed by atoms with Crippen molar-refractivity contribution >= 4 is 38.7 Å². The number of dihydropyridines is 1. The van der Waals surface area contributed by atoms with Gasteiger partial charge in [-0.05, 0) is 129 Å². The lowest BCUT2D eigenvalue weighted by Gasteiger charge is -2.46. The van der Waals surface area contributed by atoms with Crippen LogP contribution in [0.1, 0.15) is 67.5 Å². The summed E-state index contributed by atoms with van der Waals surface area (Å²) >= 11 is 2.02. The number of nitrogens with zero attached hydrogens (tertiary/aromatic N) is 1. The molecule has 3 aliphatic heterocycles. The molecule has 1 aromatic heterocycles. The van der Waals surface area contributed by atoms with E-state index in [0.29, 0.717) is 17.8 Å². The van der Waals surface area contributed by atoms with Crippen LogP contribution in [0.5, 0.6) is 0 Å². The molecule has 290 valence electrons. The van der Waals surface area contributed by atoms with Crippen molar-refractivity contribution in [3.8, 4) is 16.8 Å². The lowest BCUT2D eigenvalue weighted by atomic mass is 9.58. The predicted molar refractivity (Wildman–Crippen MR) is 250 cm³/mol. The molecule has 3 heteroatoms. The predicted octanol–water partition coefficient (Wildman–Crippen LogP) is 12.1. The van der Waals surface area contributed by atoms with Crippen molar-refractivity contribution in [1.82, 2.24) is 9.88 Å². The highest BCUT2D eigenvalue weighted by atomic mass is 32.2. The van der Waals surface area contributed by atoms with Gasteiger partial charge in [-0.25, -0.2) is 0 Å². The van der Waals surface area contributed by atoms with E-state index in [0.717, 1.165) is 12.8 Å². The molecule has 7 aliphatic rings. The van der Waals surface area contributed by atoms with E-state index < -0.39 is 5.41 Å². The Bertz CT molecular complexity index is 3220. The summed E-state index contributed by atoms with van der Waals surface area (Å²) in [5, 5.41) is 7.97. The molecule has 60 heavy (non-hydrogen) atoms. The second-order valence-electron chi connectivity index (χ2n) is 18.4. The van der Waals surface area contributed by atoms with E-state index in [1.165, 1.54) is 87.0 Å². The van der Waals surface area contributed by atoms with Crippen molar-refractivity contribution in [3.63, 3.8) is 0 Å². The highest BCUT2D eigenvalue weighted by Crippen LogP contribution is 2.65. The SMILES string of the molecule is CC1C=CC2=C(C1)C1(C3=c4c(c5cc(C6C=C(C7C=CC=CC7C)C=CN6)ccc5n4-c4ccccc41)=C1Sc4ccccc4C1(C)C3)c1cc(-c3ccccc3)ccc12. The van der Waals surface area contributed by atoms with Gasteiger partial charge in [0.2, 0.25) is 0 Å². The van der Waals surface area contributed by atoms with Crippen LogP contribution in [0.25, 0.3) is 43.8 Å². The molecule has 4 heterocycles. The summed E-state index contributed by atoms with van der Waals surface area (Å²) in [6, 6.07) is 44.5. The Kier molecular flexibility index (Phi) is 7.25. The smallest absolute Gasteiger partial charge is 0.0698 e. The molecule has 6 atom stereocenters. The van der Waals surface area contributed by atoms with Crippen LogP contribution in [0.2, 0.25) is 0 Å². The highest BCUT2D eigenvalue weighted by Gasteiger charge is 2.56. The molecular weight excluding hydrogens is 745 g/mol. The van der Waals surface area contributed by atoms with Gasteiger partial charge in [-0.15, -0.1) is 0 Å². The van der Waals surface area contributed by atoms with Crippen molar-refractivity contribution in [2.24, 2.45) is 17.8 Å². The molecule has 0 saturated heterocycles. The average molecular weight is 791 g/mol. The minimum Gasteiger partial charge on any atom is -0.381 e. The number of nitrogens with one attached hydrogen (secondary N) is 1. The number of hydrogen-bond donors (Lipinski definition) is 1. The largest absolute Gasteiger partial charge is 0.381 e. The third-order valence-electron chi connectivity index (χ3n) is 15.0. The number of aromatic nitrogens is 1. The number of hydrogen-bond acceptors (Lipinski definition) is 2. The molecule has 4 aliphatic carbocycles. The quantitative estimate of drug-likeness (QED) is 0.192. The Labute approximate surface area is 356 Å². The average Bonchev–Trinajstić information content (AvgIpc) is 3.89. The van der Waals surface area contributed by atoms with Crippen molar-refractivity contribution in [2.45, 2.75) is 55.4 Å². The Morgan fingerprint density at radius 3 is 2.43 bits per heavy atom. The van der Waals surface area contributed by atoms with Crippen LogP contribution in [0, 0.1) is 17.8 Å². The minimum atomic E-state index is -0.407. The van der Waals surface area contributed by atoms with E-state index in [4.69, 9.17) is 0 Å². The zero-order valence-corrected chi connectivity index (χ0v) is 35.1. The van der Waals surface area contributed by atoms with Crippen LogP contribution >= 0.6 is 11.8 Å². The number of fused-ring (bicyclic) bond motifs is 14. The number of rotatable bonds is 3. The Balaban J connectivity index is 1.15. The van der Waals surface area contributed by atoms with Gasteiger partial charge in [0.15, 0.2) is 0 Å². The molecule has 0 fully saturated rings. The molecule has 6 unspecified atom stereocenters. The van der Waals surface area contributed by atoms with Crippen molar-refractivity contribution in [3.05, 3.63) is 220 Å². The van der Waals surface area contributed by atoms with Gasteiger partial charge in [0.05, 0.1) is 28.0 Å². The van der Waals surface area contributed by atoms with Crippen LogP contribution in [-0.4, -0.2) is 4.57 Å². The van der Waals surface area contributed by atoms with Crippen LogP contribution in [0.15, 0.2) is 186 Å². The van der Waals surface area contributed by atoms with Gasteiger partial charge in [-0.3, -0.25) is 0 Å². The van der Waals surface area contributed by atoms with E-state index in [9.17, 15) is 0 Å². The summed E-state index contributed by atoms with van der Waals surface area (Å²) in [7, 11) is 0. The van der Waals surface area contributed by atoms with Crippen LogP contribution in [-0.2, 0) is 10.8 Å². The maximum Gasteiger partial charge on any atom is 0.0698 e. The third kappa shape index (κ3) is 4.51. The number of thioether (sulfide) groups is 1. The van der Waals surface area contributed by atoms with Gasteiger partial charge in [-0.2, -0.15) is 0 Å². The fourth-order valence-electron chi connectivity index (χ4n) is 12.3. The number of para-hydroxylation sites is 1. The van der Waals surface area contributed by atoms with E-state index in [1.54, 1.807) is 11.1 Å². The first-order chi connectivity index (χ1) is 29.4. The molecule has 0 radical (unpaired) electrons. The lowest BCUT2D eigenvalue weighted by Crippen LogP contribution is -2.51. The van der Waals surface area contributed by atoms with Crippen LogP contribution in [0.4, 0.5) is 0 Å². The van der Waals surface area contributed by atoms with Crippen molar-refractivity contribution in [2.75, 3.05) is 0 Å². The topological polar surface area (TPSA) is 17.0 Å². The molecule has 0 saturated carbocycles. The highest BCUT2D eigenvalue weighted by molar-refractivity contribution is 8.08. The summed E-state index contributed by atoms with van der Waals surface area (Å²) in [5.41, 5.74) is 17.5. The van der Waals surface area contributed by atoms with E-state index in [2.05, 4.69) is 201 Å². The second kappa shape index (κ2) is 12.5. The normalized spacial score (nSPS) is 27.4. The molecular formula is C57H46N2S. The minimum absolute atomic E-state index is 0.0851. The van der Waals surface area contributed by atoms with Crippen LogP contribution in [0.3, 0.4) is 0 Å². The molecule has 5 aromatic carbocycles. The number of benzene rings is 5. The van der Waals surface area contributed by atoms with E-state index in [1.807, 2.05) is 11.8 Å². The van der Waals surface area contributed by atoms with E-state index in [-0.39, 0.29) is 11.5 Å². The zero-order chi connectivity index (χ0) is 39.9. The molecule has 0 bridgehead atoms. The van der Waals surface area contributed by atoms with E-state index >= 15 is 0 Å². The van der Waals surface area contributed by atoms with Crippen LogP contribution < -0.4 is 15.9 Å². The van der Waals surface area contributed by atoms with Crippen molar-refractivity contribution < 1.29 is 0 Å². The standard InChI is InChI=1S/C57H46N2S/c1-34-21-24-41-42-25-22-37(36-14-5-4-6-15-36)31-47(42)57(46(41)29-34)44-17-9-11-19-51(44)59-50-26-23-39(49-32-38(27-28-58-49)40-16-8-7-13-35(40)2)30-43(50)53-54(59)48(57)33-56(3)45-18-10-12-20-52(45)60-55(53)56/h4-28,30-32,34-35,40,49,58H,29,33H2,1-3H3. The molecule has 13 rings (SSSR count). The van der Waals surface area contributed by atoms with Gasteiger partial charge in [0.1, 0.15) is 0 Å². The third-order valence-corrected chi connectivity index (χ3v) is 16.4. The molecule has 6 aromatic rings. The Morgan fingerprint density at radius 2 is 1.55 bits per heavy atom. The summed E-state index contributed by atoms with van der Waals surface area (Å²) in [6.45, 7) is 7.30. The molecule has 2 nitrogen and oxygen atoms in total. The van der Waals surface area contributed by atoms with Gasteiger partial charge in [-0.1, -0.05) is 160 Å². The molecule has 1 spiro atoms. The first-order valence-electron chi connectivity index (χ1n) is 21.8. The maximum atomic E-state index is 3.76. The lowest BCUT2D eigenvalue weighted by molar-refractivity contribution is 0.567. The summed E-state index contributed by atoms with van der Waals surface area (Å²) in [5.74, 6) is 1.30. The van der Waals surface area contributed by atoms with Gasteiger partial charge >= 0.3 is 0 Å². The van der Waals surface area contributed by atoms with Crippen molar-refractivity contribution in [1.29, 1.82) is 0 Å². The fraction of sp³-hybridized carbons (Fsp3) is 0.193. The Hall–Kier alpha value is -6.03. The Morgan fingerprint density at radius 1 is 0.733 bits per heavy atom. The number of allylic oxidation sites excluding steroid dienone is 10. The second-order valence-corrected chi connectivity index (χ2v) is 19.4. The fourth-order valence-corrected chi connectivity index (χ4v) is 13.8. The molecule has 1 N–H and O–H groups in total. The van der Waals surface area contributed by atoms with Gasteiger partial charge in [0, 0.05) is 31.7 Å². The monoisotopic (exact) mass is 790 g/mol. The van der Waals surface area contributed by atoms with Gasteiger partial charge in [0.25, 0.3) is 0 Å². The zero-order valence-electron chi connectivity index (χ0n) is 34.2. The first-order valence-corrected chi connectivity index (χ1v) is 22.7. The summed E-state index contributed by atoms with van der Waals surface area (Å²) in [4.78, 5) is 2.90.